The van der Waals surface area contributed by atoms with Crippen LogP contribution < -0.4 is 4.74 Å². The zero-order valence-corrected chi connectivity index (χ0v) is 8.95. The first-order valence-electron chi connectivity index (χ1n) is 4.81. The molecule has 0 unspecified atom stereocenters. The van der Waals surface area contributed by atoms with Crippen LogP contribution in [0.25, 0.3) is 0 Å². The molecule has 1 aromatic carbocycles. The summed E-state index contributed by atoms with van der Waals surface area (Å²) in [5, 5.41) is 4.22. The van der Waals surface area contributed by atoms with Gasteiger partial charge in [-0.2, -0.15) is 0 Å². The number of rotatable bonds is 0. The highest BCUT2D eigenvalue weighted by Crippen LogP contribution is 2.24. The molecule has 2 rings (SSSR count). The summed E-state index contributed by atoms with van der Waals surface area (Å²) in [7, 11) is 4.10. The van der Waals surface area contributed by atoms with Crippen LogP contribution in [0.2, 0.25) is 0 Å². The van der Waals surface area contributed by atoms with Crippen LogP contribution in [-0.2, 0) is 6.54 Å². The first-order valence-corrected chi connectivity index (χ1v) is 4.81. The molecule has 0 saturated carbocycles. The molecule has 0 fully saturated rings. The van der Waals surface area contributed by atoms with E-state index in [0.29, 0.717) is 6.73 Å². The van der Waals surface area contributed by atoms with Crippen molar-refractivity contribution in [3.8, 4) is 5.75 Å². The molecule has 0 radical (unpaired) electrons. The Morgan fingerprint density at radius 3 is 2.79 bits per heavy atom. The summed E-state index contributed by atoms with van der Waals surface area (Å²) in [5.74, 6) is 1.01. The van der Waals surface area contributed by atoms with Gasteiger partial charge in [0.2, 0.25) is 0 Å². The van der Waals surface area contributed by atoms with Crippen molar-refractivity contribution in [1.29, 1.82) is 0 Å². The molecule has 3 heteroatoms. The van der Waals surface area contributed by atoms with E-state index in [2.05, 4.69) is 42.2 Å². The van der Waals surface area contributed by atoms with Gasteiger partial charge in [0.1, 0.15) is 5.75 Å². The van der Waals surface area contributed by atoms with E-state index in [0.717, 1.165) is 12.3 Å². The summed E-state index contributed by atoms with van der Waals surface area (Å²) in [6.07, 6.45) is 0. The van der Waals surface area contributed by atoms with E-state index in [1.165, 1.54) is 11.1 Å². The van der Waals surface area contributed by atoms with Crippen molar-refractivity contribution >= 4 is 0 Å². The Bertz CT molecular complexity index is 338. The van der Waals surface area contributed by atoms with Gasteiger partial charge in [0, 0.05) is 26.2 Å². The van der Waals surface area contributed by atoms with Gasteiger partial charge in [-0.15, -0.1) is 0 Å². The van der Waals surface area contributed by atoms with Crippen LogP contribution in [0.5, 0.6) is 5.75 Å². The monoisotopic (exact) mass is 192 g/mol. The van der Waals surface area contributed by atoms with Crippen molar-refractivity contribution in [2.45, 2.75) is 13.5 Å². The van der Waals surface area contributed by atoms with Crippen LogP contribution in [0.1, 0.15) is 11.1 Å². The number of ether oxygens (including phenoxy) is 1. The first-order chi connectivity index (χ1) is 6.66. The third kappa shape index (κ3) is 1.74. The van der Waals surface area contributed by atoms with Gasteiger partial charge in [-0.25, -0.2) is 10.0 Å². The fraction of sp³-hybridized carbons (Fsp3) is 0.455. The molecule has 1 aliphatic heterocycles. The highest BCUT2D eigenvalue weighted by atomic mass is 16.5. The van der Waals surface area contributed by atoms with Gasteiger partial charge in [0.05, 0.1) is 0 Å². The molecular formula is C11H16N2O. The van der Waals surface area contributed by atoms with E-state index in [4.69, 9.17) is 4.74 Å². The molecule has 1 aliphatic rings. The number of hydrogen-bond donors (Lipinski definition) is 0. The molecule has 0 saturated heterocycles. The van der Waals surface area contributed by atoms with E-state index >= 15 is 0 Å². The smallest absolute Gasteiger partial charge is 0.154 e. The predicted octanol–water partition coefficient (Wildman–Crippen LogP) is 1.62. The van der Waals surface area contributed by atoms with Crippen LogP contribution in [-0.4, -0.2) is 30.8 Å². The SMILES string of the molecule is Cc1ccc2c(c1)CN(C)N(C)CO2. The fourth-order valence-electron chi connectivity index (χ4n) is 1.60. The second-order valence-corrected chi connectivity index (χ2v) is 3.86. The van der Waals surface area contributed by atoms with Crippen molar-refractivity contribution in [3.63, 3.8) is 0 Å². The standard InChI is InChI=1S/C11H16N2O/c1-9-4-5-11-10(6-9)7-12(2)13(3)8-14-11/h4-6H,7-8H2,1-3H3. The largest absolute Gasteiger partial charge is 0.477 e. The first kappa shape index (κ1) is 9.49. The van der Waals surface area contributed by atoms with Gasteiger partial charge >= 0.3 is 0 Å². The molecule has 0 N–H and O–H groups in total. The van der Waals surface area contributed by atoms with E-state index < -0.39 is 0 Å². The van der Waals surface area contributed by atoms with Gasteiger partial charge < -0.3 is 4.74 Å². The van der Waals surface area contributed by atoms with Crippen molar-refractivity contribution in [2.75, 3.05) is 20.8 Å². The summed E-state index contributed by atoms with van der Waals surface area (Å²) in [4.78, 5) is 0. The topological polar surface area (TPSA) is 15.7 Å². The Kier molecular flexibility index (Phi) is 2.44. The molecule has 0 bridgehead atoms. The summed E-state index contributed by atoms with van der Waals surface area (Å²) >= 11 is 0. The van der Waals surface area contributed by atoms with Gasteiger partial charge in [-0.3, -0.25) is 0 Å². The Labute approximate surface area is 84.9 Å². The van der Waals surface area contributed by atoms with Crippen molar-refractivity contribution in [2.24, 2.45) is 0 Å². The molecule has 14 heavy (non-hydrogen) atoms. The number of hydrazine groups is 1. The molecule has 0 atom stereocenters. The van der Waals surface area contributed by atoms with E-state index in [9.17, 15) is 0 Å². The van der Waals surface area contributed by atoms with Crippen LogP contribution in [0.15, 0.2) is 18.2 Å². The van der Waals surface area contributed by atoms with Crippen LogP contribution >= 0.6 is 0 Å². The van der Waals surface area contributed by atoms with Gasteiger partial charge in [-0.1, -0.05) is 17.7 Å². The number of aryl methyl sites for hydroxylation is 1. The number of fused-ring (bicyclic) bond motifs is 1. The van der Waals surface area contributed by atoms with Crippen LogP contribution in [0, 0.1) is 6.92 Å². The number of hydrogen-bond acceptors (Lipinski definition) is 3. The minimum atomic E-state index is 0.618. The van der Waals surface area contributed by atoms with Crippen molar-refractivity contribution in [3.05, 3.63) is 29.3 Å². The van der Waals surface area contributed by atoms with Crippen LogP contribution in [0.4, 0.5) is 0 Å². The molecule has 3 nitrogen and oxygen atoms in total. The van der Waals surface area contributed by atoms with E-state index in [1.54, 1.807) is 0 Å². The van der Waals surface area contributed by atoms with E-state index in [1.807, 2.05) is 7.05 Å². The number of benzene rings is 1. The minimum absolute atomic E-state index is 0.618. The Hall–Kier alpha value is -1.06. The molecule has 0 spiro atoms. The maximum Gasteiger partial charge on any atom is 0.154 e. The molecule has 0 aliphatic carbocycles. The quantitative estimate of drug-likeness (QED) is 0.621. The molecule has 0 amide bonds. The lowest BCUT2D eigenvalue weighted by atomic mass is 10.1. The van der Waals surface area contributed by atoms with Crippen molar-refractivity contribution < 1.29 is 4.74 Å². The lowest BCUT2D eigenvalue weighted by Gasteiger charge is -2.23. The Morgan fingerprint density at radius 1 is 1.21 bits per heavy atom. The summed E-state index contributed by atoms with van der Waals surface area (Å²) in [5.41, 5.74) is 2.54. The summed E-state index contributed by atoms with van der Waals surface area (Å²) < 4.78 is 5.67. The molecule has 0 aromatic heterocycles. The lowest BCUT2D eigenvalue weighted by Crippen LogP contribution is -2.36. The fourth-order valence-corrected chi connectivity index (χ4v) is 1.60. The summed E-state index contributed by atoms with van der Waals surface area (Å²) in [6.45, 7) is 3.63. The normalized spacial score (nSPS) is 18.5. The zero-order valence-electron chi connectivity index (χ0n) is 8.95. The third-order valence-corrected chi connectivity index (χ3v) is 2.60. The Balaban J connectivity index is 2.33. The minimum Gasteiger partial charge on any atom is -0.477 e. The van der Waals surface area contributed by atoms with Crippen LogP contribution in [0.3, 0.4) is 0 Å². The molecule has 1 aromatic rings. The Morgan fingerprint density at radius 2 is 2.00 bits per heavy atom. The summed E-state index contributed by atoms with van der Waals surface area (Å²) in [6, 6.07) is 6.33. The van der Waals surface area contributed by atoms with Crippen molar-refractivity contribution in [1.82, 2.24) is 10.0 Å². The van der Waals surface area contributed by atoms with Gasteiger partial charge in [-0.05, 0) is 13.0 Å². The third-order valence-electron chi connectivity index (χ3n) is 2.60. The highest BCUT2D eigenvalue weighted by molar-refractivity contribution is 5.37. The highest BCUT2D eigenvalue weighted by Gasteiger charge is 2.15. The maximum absolute atomic E-state index is 5.67. The van der Waals surface area contributed by atoms with E-state index in [-0.39, 0.29) is 0 Å². The zero-order chi connectivity index (χ0) is 10.1. The predicted molar refractivity (Wildman–Crippen MR) is 55.9 cm³/mol. The van der Waals surface area contributed by atoms with Gasteiger partial charge in [0.25, 0.3) is 0 Å². The number of nitrogens with zero attached hydrogens (tertiary/aromatic N) is 2. The van der Waals surface area contributed by atoms with Gasteiger partial charge in [0.15, 0.2) is 6.73 Å². The second-order valence-electron chi connectivity index (χ2n) is 3.86. The second kappa shape index (κ2) is 3.59. The average Bonchev–Trinajstić information content (AvgIpc) is 2.27. The molecule has 76 valence electrons. The molecule has 1 heterocycles. The average molecular weight is 192 g/mol. The lowest BCUT2D eigenvalue weighted by molar-refractivity contribution is -0.0256. The maximum atomic E-state index is 5.67. The molecular weight excluding hydrogens is 176 g/mol.